The van der Waals surface area contributed by atoms with Gasteiger partial charge in [-0.05, 0) is 43.4 Å². The van der Waals surface area contributed by atoms with Crippen molar-refractivity contribution in [2.45, 2.75) is 76.8 Å². The number of carboxylic acids is 1. The smallest absolute Gasteiger partial charge is 0.320 e. The Hall–Kier alpha value is -4.25. The van der Waals surface area contributed by atoms with Crippen LogP contribution in [0.4, 0.5) is 5.69 Å². The van der Waals surface area contributed by atoms with Crippen LogP contribution in [-0.4, -0.2) is 59.9 Å². The van der Waals surface area contributed by atoms with Gasteiger partial charge in [0.15, 0.2) is 0 Å². The summed E-state index contributed by atoms with van der Waals surface area (Å²) in [5.41, 5.74) is 13.4. The summed E-state index contributed by atoms with van der Waals surface area (Å²) in [5, 5.41) is 14.2. The van der Waals surface area contributed by atoms with Crippen LogP contribution in [0.2, 0.25) is 0 Å². The number of para-hydroxylation sites is 1. The van der Waals surface area contributed by atoms with Crippen LogP contribution in [0.1, 0.15) is 62.5 Å². The van der Waals surface area contributed by atoms with Crippen molar-refractivity contribution in [3.8, 4) is 0 Å². The van der Waals surface area contributed by atoms with Crippen molar-refractivity contribution < 1.29 is 29.1 Å². The molecule has 228 valence electrons. The first-order valence-corrected chi connectivity index (χ1v) is 14.3. The van der Waals surface area contributed by atoms with E-state index in [-0.39, 0.29) is 44.0 Å². The number of carbonyl (C=O) groups excluding carboxylic acids is 4. The quantitative estimate of drug-likeness (QED) is 0.157. The van der Waals surface area contributed by atoms with E-state index >= 15 is 0 Å². The largest absolute Gasteiger partial charge is 0.480 e. The van der Waals surface area contributed by atoms with E-state index in [1.54, 1.807) is 12.1 Å². The van der Waals surface area contributed by atoms with E-state index in [4.69, 9.17) is 16.6 Å². The summed E-state index contributed by atoms with van der Waals surface area (Å²) < 4.78 is 0. The third-order valence-corrected chi connectivity index (χ3v) is 6.89. The number of carbonyl (C=O) groups is 5. The monoisotopic (exact) mass is 581 g/mol. The minimum absolute atomic E-state index is 0.0734. The van der Waals surface area contributed by atoms with Crippen LogP contribution < -0.4 is 27.0 Å². The highest BCUT2D eigenvalue weighted by molar-refractivity contribution is 6.03. The SMILES string of the molecule is Cc1ccccc1N(C(=O)CNC(=O)CCCCCCCNC(=O)CCC(N)C(=O)O)[C@@H](Cc1ccccc1)C(N)=O. The standard InChI is InChI=1S/C31H43N5O6/c1-22-12-9-10-15-25(22)36(26(30(33)40)20-23-13-6-5-7-14-23)29(39)21-35-27(37)16-8-3-2-4-11-19-34-28(38)18-17-24(32)31(41)42/h5-7,9-10,12-15,24,26H,2-4,8,11,16-21,32H2,1H3,(H2,33,40)(H,34,38)(H,35,37)(H,41,42)/t24?,26-/m0/s1. The zero-order chi connectivity index (χ0) is 30.9. The van der Waals surface area contributed by atoms with Crippen molar-refractivity contribution in [1.82, 2.24) is 10.6 Å². The van der Waals surface area contributed by atoms with Gasteiger partial charge in [-0.2, -0.15) is 0 Å². The van der Waals surface area contributed by atoms with Gasteiger partial charge in [-0.3, -0.25) is 28.9 Å². The van der Waals surface area contributed by atoms with Crippen LogP contribution in [0.5, 0.6) is 0 Å². The molecule has 2 aromatic carbocycles. The number of aryl methyl sites for hydroxylation is 1. The van der Waals surface area contributed by atoms with Crippen molar-refractivity contribution in [1.29, 1.82) is 0 Å². The van der Waals surface area contributed by atoms with Gasteiger partial charge in [-0.25, -0.2) is 0 Å². The number of amides is 4. The fourth-order valence-electron chi connectivity index (χ4n) is 4.48. The maximum atomic E-state index is 13.4. The molecule has 2 atom stereocenters. The average molecular weight is 582 g/mol. The van der Waals surface area contributed by atoms with Gasteiger partial charge in [-0.15, -0.1) is 0 Å². The Morgan fingerprint density at radius 1 is 0.833 bits per heavy atom. The molecule has 0 aliphatic heterocycles. The third-order valence-electron chi connectivity index (χ3n) is 6.89. The Bertz CT molecular complexity index is 1190. The maximum Gasteiger partial charge on any atom is 0.320 e. The van der Waals surface area contributed by atoms with Crippen molar-refractivity contribution in [2.24, 2.45) is 11.5 Å². The lowest BCUT2D eigenvalue weighted by Gasteiger charge is -2.31. The molecule has 11 heteroatoms. The first-order chi connectivity index (χ1) is 20.1. The normalized spacial score (nSPS) is 12.1. The number of carboxylic acid groups (broad SMARTS) is 1. The van der Waals surface area contributed by atoms with E-state index < -0.39 is 29.9 Å². The molecule has 42 heavy (non-hydrogen) atoms. The lowest BCUT2D eigenvalue weighted by atomic mass is 10.0. The highest BCUT2D eigenvalue weighted by Gasteiger charge is 2.31. The number of aliphatic carboxylic acids is 1. The number of hydrogen-bond acceptors (Lipinski definition) is 6. The Morgan fingerprint density at radius 2 is 1.45 bits per heavy atom. The van der Waals surface area contributed by atoms with E-state index in [2.05, 4.69) is 10.6 Å². The fourth-order valence-corrected chi connectivity index (χ4v) is 4.48. The number of nitrogens with two attached hydrogens (primary N) is 2. The van der Waals surface area contributed by atoms with E-state index in [9.17, 15) is 24.0 Å². The van der Waals surface area contributed by atoms with Crippen LogP contribution in [0.3, 0.4) is 0 Å². The van der Waals surface area contributed by atoms with Crippen molar-refractivity contribution in [2.75, 3.05) is 18.0 Å². The molecule has 4 amide bonds. The van der Waals surface area contributed by atoms with Gasteiger partial charge in [0.1, 0.15) is 12.1 Å². The summed E-state index contributed by atoms with van der Waals surface area (Å²) in [4.78, 5) is 62.2. The van der Waals surface area contributed by atoms with E-state index in [0.717, 1.165) is 36.8 Å². The number of primary amides is 1. The molecule has 0 aliphatic rings. The Morgan fingerprint density at radius 3 is 2.12 bits per heavy atom. The molecular weight excluding hydrogens is 538 g/mol. The number of hydrogen-bond donors (Lipinski definition) is 5. The zero-order valence-electron chi connectivity index (χ0n) is 24.2. The number of unbranched alkanes of at least 4 members (excludes halogenated alkanes) is 4. The first kappa shape index (κ1) is 34.0. The van der Waals surface area contributed by atoms with E-state index in [1.165, 1.54) is 4.90 Å². The Labute approximate surface area is 247 Å². The molecule has 2 aromatic rings. The summed E-state index contributed by atoms with van der Waals surface area (Å²) in [6.07, 6.45) is 4.67. The summed E-state index contributed by atoms with van der Waals surface area (Å²) in [5.74, 6) is -2.66. The Kier molecular flexibility index (Phi) is 14.7. The topological polar surface area (TPSA) is 185 Å². The summed E-state index contributed by atoms with van der Waals surface area (Å²) >= 11 is 0. The van der Waals surface area contributed by atoms with Crippen molar-refractivity contribution in [3.05, 3.63) is 65.7 Å². The number of anilines is 1. The van der Waals surface area contributed by atoms with Crippen LogP contribution >= 0.6 is 0 Å². The highest BCUT2D eigenvalue weighted by Crippen LogP contribution is 2.24. The maximum absolute atomic E-state index is 13.4. The van der Waals surface area contributed by atoms with Crippen LogP contribution in [0, 0.1) is 6.92 Å². The predicted molar refractivity (Wildman–Crippen MR) is 160 cm³/mol. The van der Waals surface area contributed by atoms with E-state index in [1.807, 2.05) is 49.4 Å². The molecule has 0 heterocycles. The van der Waals surface area contributed by atoms with Gasteiger partial charge in [0.25, 0.3) is 0 Å². The molecule has 0 spiro atoms. The van der Waals surface area contributed by atoms with Crippen molar-refractivity contribution in [3.63, 3.8) is 0 Å². The second-order valence-corrected chi connectivity index (χ2v) is 10.3. The van der Waals surface area contributed by atoms with Gasteiger partial charge < -0.3 is 27.2 Å². The summed E-state index contributed by atoms with van der Waals surface area (Å²) in [6.45, 7) is 2.08. The fraction of sp³-hybridized carbons (Fsp3) is 0.452. The molecule has 0 aliphatic carbocycles. The molecule has 0 aromatic heterocycles. The van der Waals surface area contributed by atoms with Crippen LogP contribution in [0.25, 0.3) is 0 Å². The number of benzene rings is 2. The number of rotatable bonds is 19. The molecule has 2 rings (SSSR count). The summed E-state index contributed by atoms with van der Waals surface area (Å²) in [7, 11) is 0. The lowest BCUT2D eigenvalue weighted by molar-refractivity contribution is -0.138. The minimum atomic E-state index is -1.12. The number of nitrogens with one attached hydrogen (secondary N) is 2. The third kappa shape index (κ3) is 12.1. The molecule has 0 fully saturated rings. The molecule has 1 unspecified atom stereocenters. The molecular formula is C31H43N5O6. The van der Waals surface area contributed by atoms with Gasteiger partial charge >= 0.3 is 5.97 Å². The van der Waals surface area contributed by atoms with Gasteiger partial charge in [0, 0.05) is 31.5 Å². The van der Waals surface area contributed by atoms with Crippen molar-refractivity contribution >= 4 is 35.3 Å². The summed E-state index contributed by atoms with van der Waals surface area (Å²) in [6, 6.07) is 14.6. The zero-order valence-corrected chi connectivity index (χ0v) is 24.2. The molecule has 0 saturated carbocycles. The van der Waals surface area contributed by atoms with Crippen LogP contribution in [-0.2, 0) is 30.4 Å². The first-order valence-electron chi connectivity index (χ1n) is 14.3. The molecule has 11 nitrogen and oxygen atoms in total. The molecule has 0 saturated heterocycles. The molecule has 0 radical (unpaired) electrons. The van der Waals surface area contributed by atoms with Crippen LogP contribution in [0.15, 0.2) is 54.6 Å². The van der Waals surface area contributed by atoms with E-state index in [0.29, 0.717) is 18.7 Å². The Balaban J connectivity index is 1.77. The molecule has 0 bridgehead atoms. The highest BCUT2D eigenvalue weighted by atomic mass is 16.4. The lowest BCUT2D eigenvalue weighted by Crippen LogP contribution is -2.52. The predicted octanol–water partition coefficient (Wildman–Crippen LogP) is 2.19. The minimum Gasteiger partial charge on any atom is -0.480 e. The average Bonchev–Trinajstić information content (AvgIpc) is 2.97. The van der Waals surface area contributed by atoms with Gasteiger partial charge in [-0.1, -0.05) is 67.8 Å². The second kappa shape index (κ2) is 18.2. The van der Waals surface area contributed by atoms with Gasteiger partial charge in [0.05, 0.1) is 6.54 Å². The number of nitrogens with zero attached hydrogens (tertiary/aromatic N) is 1. The van der Waals surface area contributed by atoms with Gasteiger partial charge in [0.2, 0.25) is 23.6 Å². The second-order valence-electron chi connectivity index (χ2n) is 10.3. The molecule has 7 N–H and O–H groups in total.